The zero-order chi connectivity index (χ0) is 28.4. The Kier molecular flexibility index (Phi) is 8.61. The second kappa shape index (κ2) is 12.0. The van der Waals surface area contributed by atoms with Gasteiger partial charge in [-0.1, -0.05) is 6.07 Å². The van der Waals surface area contributed by atoms with Gasteiger partial charge in [-0.15, -0.1) is 0 Å². The van der Waals surface area contributed by atoms with Gasteiger partial charge in [-0.3, -0.25) is 4.90 Å². The number of hydrogen-bond acceptors (Lipinski definition) is 8. The summed E-state index contributed by atoms with van der Waals surface area (Å²) in [6, 6.07) is 11.3. The van der Waals surface area contributed by atoms with Crippen LogP contribution in [-0.4, -0.2) is 77.2 Å². The first-order valence-corrected chi connectivity index (χ1v) is 14.7. The number of anilines is 5. The molecule has 214 valence electrons. The van der Waals surface area contributed by atoms with E-state index in [-0.39, 0.29) is 0 Å². The number of nitrogens with zero attached hydrogens (tertiary/aromatic N) is 5. The van der Waals surface area contributed by atoms with Gasteiger partial charge in [-0.05, 0) is 92.5 Å². The first-order valence-electron chi connectivity index (χ1n) is 13.9. The molecule has 40 heavy (non-hydrogen) atoms. The average Bonchev–Trinajstić information content (AvgIpc) is 2.91. The number of piperidine rings is 1. The lowest BCUT2D eigenvalue weighted by Crippen LogP contribution is -2.52. The second-order valence-corrected chi connectivity index (χ2v) is 12.3. The molecule has 2 fully saturated rings. The van der Waals surface area contributed by atoms with Crippen LogP contribution in [0.2, 0.25) is 0 Å². The van der Waals surface area contributed by atoms with E-state index in [0.29, 0.717) is 33.5 Å². The Morgan fingerprint density at radius 1 is 1.00 bits per heavy atom. The summed E-state index contributed by atoms with van der Waals surface area (Å²) in [5, 5.41) is 17.0. The van der Waals surface area contributed by atoms with Crippen LogP contribution in [0.15, 0.2) is 47.1 Å². The lowest BCUT2D eigenvalue weighted by atomic mass is 9.96. The summed E-state index contributed by atoms with van der Waals surface area (Å²) < 4.78 is 14.7. The van der Waals surface area contributed by atoms with Crippen molar-refractivity contribution in [1.29, 1.82) is 0 Å². The number of halogens is 2. The van der Waals surface area contributed by atoms with Crippen LogP contribution in [0.1, 0.15) is 37.8 Å². The fraction of sp³-hybridized carbons (Fsp3) is 0.467. The molecule has 2 saturated heterocycles. The summed E-state index contributed by atoms with van der Waals surface area (Å²) in [5.74, 6) is 0.468. The third-order valence-electron chi connectivity index (χ3n) is 7.95. The molecule has 0 amide bonds. The Hall–Kier alpha value is -2.79. The summed E-state index contributed by atoms with van der Waals surface area (Å²) in [7, 11) is 2.21. The summed E-state index contributed by atoms with van der Waals surface area (Å²) in [4.78, 5) is 16.6. The lowest BCUT2D eigenvalue weighted by molar-refractivity contribution is 0.0793. The second-order valence-electron chi connectivity index (χ2n) is 11.4. The molecular formula is C30H39BrFN7O. The fourth-order valence-corrected chi connectivity index (χ4v) is 5.96. The molecule has 8 nitrogen and oxygen atoms in total. The van der Waals surface area contributed by atoms with E-state index in [9.17, 15) is 9.50 Å². The van der Waals surface area contributed by atoms with Crippen LogP contribution in [0, 0.1) is 12.7 Å². The molecule has 0 bridgehead atoms. The molecule has 2 aliphatic heterocycles. The number of piperazine rings is 1. The first-order chi connectivity index (χ1) is 19.1. The van der Waals surface area contributed by atoms with Crippen LogP contribution in [-0.2, 0) is 5.60 Å². The molecule has 0 aliphatic carbocycles. The van der Waals surface area contributed by atoms with Gasteiger partial charge < -0.3 is 25.5 Å². The highest BCUT2D eigenvalue weighted by molar-refractivity contribution is 9.10. The van der Waals surface area contributed by atoms with Gasteiger partial charge in [0.05, 0.1) is 10.1 Å². The SMILES string of the molecule is Cc1cc(Nc2ncc(Br)c(Nc3cc(F)ccc3C(C)(C)O)n2)ccc1N1CCC(N2CCN(C)CC2)CC1. The molecule has 0 atom stereocenters. The Bertz CT molecular complexity index is 1330. The van der Waals surface area contributed by atoms with Gasteiger partial charge >= 0.3 is 0 Å². The molecule has 0 unspecified atom stereocenters. The average molecular weight is 613 g/mol. The quantitative estimate of drug-likeness (QED) is 0.318. The molecule has 2 aromatic carbocycles. The Morgan fingerprint density at radius 3 is 2.40 bits per heavy atom. The Balaban J connectivity index is 1.25. The molecule has 5 rings (SSSR count). The van der Waals surface area contributed by atoms with Crippen LogP contribution in [0.25, 0.3) is 0 Å². The molecule has 2 aliphatic rings. The van der Waals surface area contributed by atoms with Gasteiger partial charge in [0.1, 0.15) is 11.6 Å². The number of benzene rings is 2. The topological polar surface area (TPSA) is 79.8 Å². The van der Waals surface area contributed by atoms with Crippen LogP contribution >= 0.6 is 15.9 Å². The number of hydrogen-bond donors (Lipinski definition) is 3. The van der Waals surface area contributed by atoms with Crippen molar-refractivity contribution in [3.8, 4) is 0 Å². The van der Waals surface area contributed by atoms with Crippen molar-refractivity contribution in [1.82, 2.24) is 19.8 Å². The van der Waals surface area contributed by atoms with E-state index in [1.807, 2.05) is 0 Å². The molecule has 0 spiro atoms. The van der Waals surface area contributed by atoms with Gasteiger partial charge in [0.25, 0.3) is 0 Å². The highest BCUT2D eigenvalue weighted by Crippen LogP contribution is 2.33. The van der Waals surface area contributed by atoms with Crippen molar-refractivity contribution in [2.45, 2.75) is 45.3 Å². The maximum atomic E-state index is 14.0. The maximum Gasteiger partial charge on any atom is 0.229 e. The predicted octanol–water partition coefficient (Wildman–Crippen LogP) is 5.62. The van der Waals surface area contributed by atoms with E-state index < -0.39 is 11.4 Å². The van der Waals surface area contributed by atoms with Crippen LogP contribution in [0.5, 0.6) is 0 Å². The summed E-state index contributed by atoms with van der Waals surface area (Å²) >= 11 is 3.48. The van der Waals surface area contributed by atoms with Crippen LogP contribution in [0.3, 0.4) is 0 Å². The van der Waals surface area contributed by atoms with E-state index in [0.717, 1.165) is 18.8 Å². The molecular weight excluding hydrogens is 573 g/mol. The third kappa shape index (κ3) is 6.74. The number of aryl methyl sites for hydroxylation is 1. The number of aromatic nitrogens is 2. The third-order valence-corrected chi connectivity index (χ3v) is 8.53. The molecule has 0 saturated carbocycles. The zero-order valence-electron chi connectivity index (χ0n) is 23.7. The molecule has 0 radical (unpaired) electrons. The van der Waals surface area contributed by atoms with Gasteiger partial charge in [-0.2, -0.15) is 4.98 Å². The number of rotatable bonds is 7. The first kappa shape index (κ1) is 28.7. The monoisotopic (exact) mass is 611 g/mol. The normalized spacial score (nSPS) is 17.7. The molecule has 3 heterocycles. The van der Waals surface area contributed by atoms with Crippen molar-refractivity contribution >= 4 is 44.8 Å². The van der Waals surface area contributed by atoms with E-state index in [1.54, 1.807) is 26.1 Å². The maximum absolute atomic E-state index is 14.0. The minimum Gasteiger partial charge on any atom is -0.386 e. The molecule has 3 aromatic rings. The summed E-state index contributed by atoms with van der Waals surface area (Å²) in [5.41, 5.74) is 3.21. The zero-order valence-corrected chi connectivity index (χ0v) is 25.3. The summed E-state index contributed by atoms with van der Waals surface area (Å²) in [6.07, 6.45) is 4.05. The van der Waals surface area contributed by atoms with Gasteiger partial charge in [0.2, 0.25) is 5.95 Å². The van der Waals surface area contributed by atoms with Gasteiger partial charge in [0.15, 0.2) is 0 Å². The smallest absolute Gasteiger partial charge is 0.229 e. The van der Waals surface area contributed by atoms with E-state index in [4.69, 9.17) is 0 Å². The van der Waals surface area contributed by atoms with Crippen LogP contribution in [0.4, 0.5) is 33.2 Å². The van der Waals surface area contributed by atoms with Crippen molar-refractivity contribution in [2.24, 2.45) is 0 Å². The van der Waals surface area contributed by atoms with Crippen LogP contribution < -0.4 is 15.5 Å². The standard InChI is InChI=1S/C30H39BrFN7O/c1-20-17-22(6-8-27(20)39-11-9-23(10-12-39)38-15-13-37(4)14-16-38)34-29-33-19-25(31)28(36-29)35-26-18-21(32)5-7-24(26)30(2,3)40/h5-8,17-19,23,40H,9-16H2,1-4H3,(H2,33,34,35,36). The van der Waals surface area contributed by atoms with Gasteiger partial charge in [-0.25, -0.2) is 9.37 Å². The molecule has 1 aromatic heterocycles. The molecule has 3 N–H and O–H groups in total. The molecule has 10 heteroatoms. The Morgan fingerprint density at radius 2 is 1.73 bits per heavy atom. The summed E-state index contributed by atoms with van der Waals surface area (Å²) in [6.45, 7) is 12.3. The minimum absolute atomic E-state index is 0.404. The van der Waals surface area contributed by atoms with Crippen molar-refractivity contribution in [3.05, 3.63) is 64.0 Å². The fourth-order valence-electron chi connectivity index (χ4n) is 5.67. The lowest BCUT2D eigenvalue weighted by Gasteiger charge is -2.43. The van der Waals surface area contributed by atoms with Crippen molar-refractivity contribution in [2.75, 3.05) is 61.8 Å². The minimum atomic E-state index is -1.16. The van der Waals surface area contributed by atoms with E-state index in [2.05, 4.69) is 83.4 Å². The number of nitrogens with one attached hydrogen (secondary N) is 2. The van der Waals surface area contributed by atoms with Crippen molar-refractivity contribution in [3.63, 3.8) is 0 Å². The number of aliphatic hydroxyl groups is 1. The van der Waals surface area contributed by atoms with Gasteiger partial charge in [0, 0.05) is 74.1 Å². The van der Waals surface area contributed by atoms with E-state index >= 15 is 0 Å². The van der Waals surface area contributed by atoms with E-state index in [1.165, 1.54) is 62.4 Å². The highest BCUT2D eigenvalue weighted by atomic mass is 79.9. The number of likely N-dealkylation sites (N-methyl/N-ethyl adjacent to an activating group) is 1. The predicted molar refractivity (Wildman–Crippen MR) is 163 cm³/mol. The Labute approximate surface area is 244 Å². The van der Waals surface area contributed by atoms with Crippen molar-refractivity contribution < 1.29 is 9.50 Å². The highest BCUT2D eigenvalue weighted by Gasteiger charge is 2.27. The largest absolute Gasteiger partial charge is 0.386 e.